The Bertz CT molecular complexity index is 505. The van der Waals surface area contributed by atoms with Crippen LogP contribution in [0.25, 0.3) is 0 Å². The highest BCUT2D eigenvalue weighted by molar-refractivity contribution is 5.97. The number of hydrogen-bond acceptors (Lipinski definition) is 3. The Morgan fingerprint density at radius 2 is 1.71 bits per heavy atom. The number of hydrogen-bond donors (Lipinski definition) is 2. The van der Waals surface area contributed by atoms with Crippen molar-refractivity contribution in [3.05, 3.63) is 29.8 Å². The van der Waals surface area contributed by atoms with Crippen LogP contribution in [-0.2, 0) is 4.79 Å². The molecule has 1 aliphatic rings. The van der Waals surface area contributed by atoms with Crippen molar-refractivity contribution in [1.82, 2.24) is 4.90 Å². The van der Waals surface area contributed by atoms with E-state index < -0.39 is 6.04 Å². The summed E-state index contributed by atoms with van der Waals surface area (Å²) in [5.41, 5.74) is 7.11. The topological polar surface area (TPSA) is 75.4 Å². The fraction of sp³-hybridized carbons (Fsp3) is 0.500. The summed E-state index contributed by atoms with van der Waals surface area (Å²) in [6.45, 7) is 5.48. The van der Waals surface area contributed by atoms with E-state index in [0.717, 1.165) is 25.9 Å². The van der Waals surface area contributed by atoms with E-state index in [1.807, 2.05) is 18.7 Å². The minimum absolute atomic E-state index is 0.0595. The molecule has 0 saturated carbocycles. The van der Waals surface area contributed by atoms with Gasteiger partial charge in [-0.25, -0.2) is 0 Å². The van der Waals surface area contributed by atoms with Gasteiger partial charge in [0.1, 0.15) is 0 Å². The van der Waals surface area contributed by atoms with Gasteiger partial charge < -0.3 is 16.0 Å². The summed E-state index contributed by atoms with van der Waals surface area (Å²) in [4.78, 5) is 25.9. The van der Waals surface area contributed by atoms with E-state index in [2.05, 4.69) is 5.32 Å². The Kier molecular flexibility index (Phi) is 4.96. The van der Waals surface area contributed by atoms with Crippen LogP contribution in [0.5, 0.6) is 0 Å². The third kappa shape index (κ3) is 3.82. The van der Waals surface area contributed by atoms with Crippen LogP contribution in [0.1, 0.15) is 37.0 Å². The zero-order valence-electron chi connectivity index (χ0n) is 12.6. The summed E-state index contributed by atoms with van der Waals surface area (Å²) in [5.74, 6) is -0.0612. The minimum Gasteiger partial charge on any atom is -0.339 e. The predicted molar refractivity (Wildman–Crippen MR) is 83.0 cm³/mol. The molecule has 1 fully saturated rings. The smallest absolute Gasteiger partial charge is 0.253 e. The molecule has 1 atom stereocenters. The summed E-state index contributed by atoms with van der Waals surface area (Å²) in [5, 5.41) is 2.77. The van der Waals surface area contributed by atoms with Gasteiger partial charge in [-0.3, -0.25) is 9.59 Å². The molecule has 0 bridgehead atoms. The van der Waals surface area contributed by atoms with Gasteiger partial charge in [0.15, 0.2) is 0 Å². The van der Waals surface area contributed by atoms with Crippen molar-refractivity contribution in [2.24, 2.45) is 11.7 Å². The minimum atomic E-state index is -0.532. The number of carbonyl (C=O) groups excluding carboxylic acids is 2. The molecular formula is C16H23N3O2. The van der Waals surface area contributed by atoms with Crippen molar-refractivity contribution < 1.29 is 9.59 Å². The number of rotatable bonds is 4. The van der Waals surface area contributed by atoms with E-state index in [1.54, 1.807) is 24.3 Å². The molecule has 114 valence electrons. The van der Waals surface area contributed by atoms with Crippen LogP contribution in [0.15, 0.2) is 24.3 Å². The van der Waals surface area contributed by atoms with Crippen LogP contribution < -0.4 is 11.1 Å². The number of benzene rings is 1. The van der Waals surface area contributed by atoms with E-state index in [-0.39, 0.29) is 17.7 Å². The molecule has 1 aromatic rings. The molecule has 5 nitrogen and oxygen atoms in total. The molecule has 1 aliphatic heterocycles. The second-order valence-electron chi connectivity index (χ2n) is 5.84. The maximum Gasteiger partial charge on any atom is 0.253 e. The Hall–Kier alpha value is -1.88. The maximum atomic E-state index is 12.2. The van der Waals surface area contributed by atoms with Crippen LogP contribution in [-0.4, -0.2) is 35.8 Å². The summed E-state index contributed by atoms with van der Waals surface area (Å²) in [6.07, 6.45) is 2.15. The molecule has 3 N–H and O–H groups in total. The summed E-state index contributed by atoms with van der Waals surface area (Å²) < 4.78 is 0. The fourth-order valence-electron chi connectivity index (χ4n) is 2.33. The van der Waals surface area contributed by atoms with Gasteiger partial charge in [0.2, 0.25) is 5.91 Å². The molecule has 0 aliphatic carbocycles. The molecule has 1 aromatic carbocycles. The van der Waals surface area contributed by atoms with E-state index in [9.17, 15) is 9.59 Å². The van der Waals surface area contributed by atoms with Crippen molar-refractivity contribution in [1.29, 1.82) is 0 Å². The second-order valence-corrected chi connectivity index (χ2v) is 5.84. The highest BCUT2D eigenvalue weighted by Crippen LogP contribution is 2.15. The molecule has 2 rings (SSSR count). The van der Waals surface area contributed by atoms with E-state index in [1.165, 1.54) is 0 Å². The Labute approximate surface area is 125 Å². The Morgan fingerprint density at radius 3 is 2.24 bits per heavy atom. The summed E-state index contributed by atoms with van der Waals surface area (Å²) >= 11 is 0. The van der Waals surface area contributed by atoms with Crippen LogP contribution in [0.4, 0.5) is 5.69 Å². The quantitative estimate of drug-likeness (QED) is 0.888. The molecule has 2 amide bonds. The van der Waals surface area contributed by atoms with Crippen LogP contribution >= 0.6 is 0 Å². The average molecular weight is 289 g/mol. The van der Waals surface area contributed by atoms with Gasteiger partial charge in [0.25, 0.3) is 5.91 Å². The summed E-state index contributed by atoms with van der Waals surface area (Å²) in [6, 6.07) is 6.45. The van der Waals surface area contributed by atoms with Gasteiger partial charge in [0.05, 0.1) is 6.04 Å². The van der Waals surface area contributed by atoms with E-state index >= 15 is 0 Å². The van der Waals surface area contributed by atoms with Gasteiger partial charge in [-0.05, 0) is 43.0 Å². The predicted octanol–water partition coefficient (Wildman–Crippen LogP) is 1.84. The monoisotopic (exact) mass is 289 g/mol. The lowest BCUT2D eigenvalue weighted by Gasteiger charge is -2.17. The van der Waals surface area contributed by atoms with Gasteiger partial charge in [0, 0.05) is 24.3 Å². The number of likely N-dealkylation sites (tertiary alicyclic amines) is 1. The number of nitrogens with zero attached hydrogens (tertiary/aromatic N) is 1. The number of carbonyl (C=O) groups is 2. The largest absolute Gasteiger partial charge is 0.339 e. The first-order chi connectivity index (χ1) is 9.99. The standard InChI is InChI=1S/C16H23N3O2/c1-11(2)14(17)15(20)18-13-7-5-12(6-8-13)16(21)19-9-3-4-10-19/h5-8,11,14H,3-4,9-10,17H2,1-2H3,(H,18,20)/t14-/m1/s1. The van der Waals surface area contributed by atoms with E-state index in [0.29, 0.717) is 11.3 Å². The number of nitrogens with two attached hydrogens (primary N) is 1. The van der Waals surface area contributed by atoms with Crippen molar-refractivity contribution >= 4 is 17.5 Å². The molecule has 0 unspecified atom stereocenters. The molecule has 0 spiro atoms. The first-order valence-corrected chi connectivity index (χ1v) is 7.45. The third-order valence-electron chi connectivity index (χ3n) is 3.81. The van der Waals surface area contributed by atoms with Crippen molar-refractivity contribution in [3.63, 3.8) is 0 Å². The number of nitrogens with one attached hydrogen (secondary N) is 1. The third-order valence-corrected chi connectivity index (χ3v) is 3.81. The lowest BCUT2D eigenvalue weighted by atomic mass is 10.0. The number of anilines is 1. The van der Waals surface area contributed by atoms with E-state index in [4.69, 9.17) is 5.73 Å². The number of amides is 2. The SMILES string of the molecule is CC(C)[C@@H](N)C(=O)Nc1ccc(C(=O)N2CCCC2)cc1. The lowest BCUT2D eigenvalue weighted by molar-refractivity contribution is -0.118. The van der Waals surface area contributed by atoms with Crippen LogP contribution in [0.2, 0.25) is 0 Å². The van der Waals surface area contributed by atoms with Gasteiger partial charge in [-0.2, -0.15) is 0 Å². The zero-order valence-corrected chi connectivity index (χ0v) is 12.6. The highest BCUT2D eigenvalue weighted by Gasteiger charge is 2.20. The highest BCUT2D eigenvalue weighted by atomic mass is 16.2. The lowest BCUT2D eigenvalue weighted by Crippen LogP contribution is -2.39. The fourth-order valence-corrected chi connectivity index (χ4v) is 2.33. The van der Waals surface area contributed by atoms with Gasteiger partial charge in [-0.1, -0.05) is 13.8 Å². The van der Waals surface area contributed by atoms with Crippen LogP contribution in [0.3, 0.4) is 0 Å². The second kappa shape index (κ2) is 6.72. The summed E-state index contributed by atoms with van der Waals surface area (Å²) in [7, 11) is 0. The first kappa shape index (κ1) is 15.5. The zero-order chi connectivity index (χ0) is 15.4. The normalized spacial score (nSPS) is 16.1. The van der Waals surface area contributed by atoms with Crippen LogP contribution in [0, 0.1) is 5.92 Å². The molecular weight excluding hydrogens is 266 g/mol. The Balaban J connectivity index is 1.98. The molecule has 0 radical (unpaired) electrons. The molecule has 0 aromatic heterocycles. The average Bonchev–Trinajstić information content (AvgIpc) is 3.00. The van der Waals surface area contributed by atoms with Crippen molar-refractivity contribution in [3.8, 4) is 0 Å². The van der Waals surface area contributed by atoms with Crippen molar-refractivity contribution in [2.45, 2.75) is 32.7 Å². The maximum absolute atomic E-state index is 12.2. The van der Waals surface area contributed by atoms with Crippen molar-refractivity contribution in [2.75, 3.05) is 18.4 Å². The van der Waals surface area contributed by atoms with Gasteiger partial charge in [-0.15, -0.1) is 0 Å². The van der Waals surface area contributed by atoms with Gasteiger partial charge >= 0.3 is 0 Å². The Morgan fingerprint density at radius 1 is 1.14 bits per heavy atom. The first-order valence-electron chi connectivity index (χ1n) is 7.45. The molecule has 21 heavy (non-hydrogen) atoms. The molecule has 5 heteroatoms. The molecule has 1 saturated heterocycles. The molecule has 1 heterocycles.